The van der Waals surface area contributed by atoms with Crippen LogP contribution in [0.3, 0.4) is 0 Å². The van der Waals surface area contributed by atoms with Crippen LogP contribution in [0.2, 0.25) is 10.0 Å². The molecule has 1 fully saturated rings. The highest BCUT2D eigenvalue weighted by Gasteiger charge is 2.20. The van der Waals surface area contributed by atoms with Crippen molar-refractivity contribution in [2.24, 2.45) is 0 Å². The van der Waals surface area contributed by atoms with E-state index in [0.717, 1.165) is 37.8 Å². The quantitative estimate of drug-likeness (QED) is 0.853. The van der Waals surface area contributed by atoms with Crippen molar-refractivity contribution in [1.82, 2.24) is 9.97 Å². The molecule has 104 valence electrons. The smallest absolute Gasteiger partial charge is 0.147 e. The highest BCUT2D eigenvalue weighted by atomic mass is 35.5. The SMILES string of the molecule is Clc1cnc(N2CCN(c3ccccn3)CC2)c(Cl)c1. The van der Waals surface area contributed by atoms with Gasteiger partial charge in [0.15, 0.2) is 0 Å². The summed E-state index contributed by atoms with van der Waals surface area (Å²) < 4.78 is 0. The fraction of sp³-hybridized carbons (Fsp3) is 0.286. The molecule has 4 nitrogen and oxygen atoms in total. The lowest BCUT2D eigenvalue weighted by molar-refractivity contribution is 0.642. The predicted octanol–water partition coefficient (Wildman–Crippen LogP) is 3.11. The topological polar surface area (TPSA) is 32.3 Å². The second kappa shape index (κ2) is 5.85. The molecular weight excluding hydrogens is 295 g/mol. The van der Waals surface area contributed by atoms with Gasteiger partial charge in [0.1, 0.15) is 11.6 Å². The van der Waals surface area contributed by atoms with Crippen molar-refractivity contribution in [3.63, 3.8) is 0 Å². The Kier molecular flexibility index (Phi) is 3.94. The van der Waals surface area contributed by atoms with Crippen LogP contribution in [0.4, 0.5) is 11.6 Å². The van der Waals surface area contributed by atoms with Crippen LogP contribution < -0.4 is 9.80 Å². The van der Waals surface area contributed by atoms with Gasteiger partial charge < -0.3 is 9.80 Å². The molecule has 0 saturated carbocycles. The molecule has 0 spiro atoms. The van der Waals surface area contributed by atoms with E-state index in [1.54, 1.807) is 12.3 Å². The first-order chi connectivity index (χ1) is 9.74. The van der Waals surface area contributed by atoms with Gasteiger partial charge in [-0.2, -0.15) is 0 Å². The van der Waals surface area contributed by atoms with Gasteiger partial charge in [-0.25, -0.2) is 9.97 Å². The summed E-state index contributed by atoms with van der Waals surface area (Å²) in [7, 11) is 0. The Balaban J connectivity index is 1.69. The third-order valence-electron chi connectivity index (χ3n) is 3.34. The molecule has 0 unspecified atom stereocenters. The average molecular weight is 309 g/mol. The number of aromatic nitrogens is 2. The molecule has 20 heavy (non-hydrogen) atoms. The number of piperazine rings is 1. The van der Waals surface area contributed by atoms with Crippen LogP contribution in [0.15, 0.2) is 36.7 Å². The van der Waals surface area contributed by atoms with Gasteiger partial charge in [0.05, 0.1) is 10.0 Å². The van der Waals surface area contributed by atoms with Gasteiger partial charge in [0.25, 0.3) is 0 Å². The zero-order chi connectivity index (χ0) is 13.9. The second-order valence-electron chi connectivity index (χ2n) is 4.62. The van der Waals surface area contributed by atoms with Crippen LogP contribution in [0.1, 0.15) is 0 Å². The molecule has 0 N–H and O–H groups in total. The summed E-state index contributed by atoms with van der Waals surface area (Å²) in [6.07, 6.45) is 3.45. The lowest BCUT2D eigenvalue weighted by Gasteiger charge is -2.36. The van der Waals surface area contributed by atoms with Crippen LogP contribution >= 0.6 is 23.2 Å². The first-order valence-corrected chi connectivity index (χ1v) is 7.21. The number of hydrogen-bond acceptors (Lipinski definition) is 4. The zero-order valence-corrected chi connectivity index (χ0v) is 12.3. The van der Waals surface area contributed by atoms with Crippen molar-refractivity contribution in [2.45, 2.75) is 0 Å². The van der Waals surface area contributed by atoms with E-state index in [9.17, 15) is 0 Å². The van der Waals surface area contributed by atoms with Gasteiger partial charge in [0, 0.05) is 38.6 Å². The maximum absolute atomic E-state index is 6.20. The summed E-state index contributed by atoms with van der Waals surface area (Å²) in [6, 6.07) is 7.70. The highest BCUT2D eigenvalue weighted by Crippen LogP contribution is 2.27. The van der Waals surface area contributed by atoms with E-state index in [1.165, 1.54) is 0 Å². The van der Waals surface area contributed by atoms with Crippen molar-refractivity contribution in [3.05, 3.63) is 46.7 Å². The molecule has 0 amide bonds. The van der Waals surface area contributed by atoms with Crippen molar-refractivity contribution in [3.8, 4) is 0 Å². The van der Waals surface area contributed by atoms with Crippen LogP contribution in [0.5, 0.6) is 0 Å². The first kappa shape index (κ1) is 13.5. The Labute approximate surface area is 128 Å². The Morgan fingerprint density at radius 1 is 0.950 bits per heavy atom. The van der Waals surface area contributed by atoms with Crippen LogP contribution in [-0.2, 0) is 0 Å². The van der Waals surface area contributed by atoms with Gasteiger partial charge >= 0.3 is 0 Å². The van der Waals surface area contributed by atoms with Gasteiger partial charge in [-0.05, 0) is 18.2 Å². The van der Waals surface area contributed by atoms with E-state index < -0.39 is 0 Å². The van der Waals surface area contributed by atoms with Crippen molar-refractivity contribution >= 4 is 34.8 Å². The molecule has 0 atom stereocenters. The van der Waals surface area contributed by atoms with Crippen molar-refractivity contribution in [2.75, 3.05) is 36.0 Å². The summed E-state index contributed by atoms with van der Waals surface area (Å²) in [5.74, 6) is 1.82. The lowest BCUT2D eigenvalue weighted by Crippen LogP contribution is -2.47. The molecule has 1 aliphatic rings. The first-order valence-electron chi connectivity index (χ1n) is 6.46. The number of pyridine rings is 2. The van der Waals surface area contributed by atoms with Crippen molar-refractivity contribution < 1.29 is 0 Å². The Bertz CT molecular complexity index is 583. The molecular formula is C14H14Cl2N4. The Morgan fingerprint density at radius 3 is 2.35 bits per heavy atom. The van der Waals surface area contributed by atoms with Crippen LogP contribution in [0.25, 0.3) is 0 Å². The van der Waals surface area contributed by atoms with Gasteiger partial charge in [-0.15, -0.1) is 0 Å². The van der Waals surface area contributed by atoms with E-state index >= 15 is 0 Å². The molecule has 0 radical (unpaired) electrons. The summed E-state index contributed by atoms with van der Waals surface area (Å²) in [5.41, 5.74) is 0. The number of anilines is 2. The maximum atomic E-state index is 6.20. The molecule has 6 heteroatoms. The minimum atomic E-state index is 0.561. The third kappa shape index (κ3) is 2.81. The lowest BCUT2D eigenvalue weighted by atomic mass is 10.3. The molecule has 0 aliphatic carbocycles. The number of nitrogens with zero attached hydrogens (tertiary/aromatic N) is 4. The maximum Gasteiger partial charge on any atom is 0.147 e. The molecule has 0 aromatic carbocycles. The summed E-state index contributed by atoms with van der Waals surface area (Å²) in [4.78, 5) is 13.1. The molecule has 3 rings (SSSR count). The zero-order valence-electron chi connectivity index (χ0n) is 10.8. The summed E-state index contributed by atoms with van der Waals surface area (Å²) >= 11 is 12.1. The molecule has 2 aromatic heterocycles. The van der Waals surface area contributed by atoms with Gasteiger partial charge in [-0.1, -0.05) is 29.3 Å². The summed E-state index contributed by atoms with van der Waals surface area (Å²) in [5, 5.41) is 1.16. The Morgan fingerprint density at radius 2 is 1.70 bits per heavy atom. The van der Waals surface area contributed by atoms with E-state index in [2.05, 4.69) is 19.8 Å². The number of halogens is 2. The monoisotopic (exact) mass is 308 g/mol. The van der Waals surface area contributed by atoms with E-state index in [4.69, 9.17) is 23.2 Å². The Hall–Kier alpha value is -1.52. The standard InChI is InChI=1S/C14H14Cl2N4/c15-11-9-12(16)14(18-10-11)20-7-5-19(6-8-20)13-3-1-2-4-17-13/h1-4,9-10H,5-8H2. The van der Waals surface area contributed by atoms with Gasteiger partial charge in [0.2, 0.25) is 0 Å². The van der Waals surface area contributed by atoms with Crippen LogP contribution in [0, 0.1) is 0 Å². The fourth-order valence-electron chi connectivity index (χ4n) is 2.33. The predicted molar refractivity (Wildman–Crippen MR) is 82.9 cm³/mol. The minimum Gasteiger partial charge on any atom is -0.353 e. The molecule has 3 heterocycles. The largest absolute Gasteiger partial charge is 0.353 e. The van der Waals surface area contributed by atoms with E-state index in [0.29, 0.717) is 10.0 Å². The molecule has 1 saturated heterocycles. The van der Waals surface area contributed by atoms with E-state index in [1.807, 2.05) is 24.4 Å². The average Bonchev–Trinajstić information content (AvgIpc) is 2.48. The van der Waals surface area contributed by atoms with Crippen molar-refractivity contribution in [1.29, 1.82) is 0 Å². The second-order valence-corrected chi connectivity index (χ2v) is 5.46. The van der Waals surface area contributed by atoms with Crippen LogP contribution in [-0.4, -0.2) is 36.1 Å². The molecule has 2 aromatic rings. The van der Waals surface area contributed by atoms with Gasteiger partial charge in [-0.3, -0.25) is 0 Å². The number of rotatable bonds is 2. The minimum absolute atomic E-state index is 0.561. The van der Waals surface area contributed by atoms with E-state index in [-0.39, 0.29) is 0 Å². The summed E-state index contributed by atoms with van der Waals surface area (Å²) in [6.45, 7) is 3.53. The third-order valence-corrected chi connectivity index (χ3v) is 3.83. The number of hydrogen-bond donors (Lipinski definition) is 0. The molecule has 0 bridgehead atoms. The normalized spacial score (nSPS) is 15.5. The molecule has 1 aliphatic heterocycles. The fourth-order valence-corrected chi connectivity index (χ4v) is 2.83. The highest BCUT2D eigenvalue weighted by molar-refractivity contribution is 6.36.